The number of aliphatic carboxylic acids is 4. The normalized spacial score (nSPS) is 14.2. The van der Waals surface area contributed by atoms with Crippen LogP contribution in [0.4, 0.5) is 0 Å². The molecule has 0 spiro atoms. The van der Waals surface area contributed by atoms with Crippen LogP contribution in [0, 0.1) is 0 Å². The van der Waals surface area contributed by atoms with Crippen molar-refractivity contribution in [2.45, 2.75) is 65.3 Å². The Morgan fingerprint density at radius 2 is 0.966 bits per heavy atom. The quantitative estimate of drug-likeness (QED) is 0.179. The molecule has 0 aliphatic carbocycles. The molecule has 0 aromatic carbocycles. The number of hydrogen-bond acceptors (Lipinski definition) is 12. The van der Waals surface area contributed by atoms with Crippen LogP contribution in [0.25, 0.3) is 0 Å². The van der Waals surface area contributed by atoms with Crippen LogP contribution in [0.1, 0.15) is 40.5 Å². The van der Waals surface area contributed by atoms with Crippen molar-refractivity contribution in [1.29, 1.82) is 0 Å². The average Bonchev–Trinajstić information content (AvgIpc) is 2.61. The summed E-state index contributed by atoms with van der Waals surface area (Å²) in [4.78, 5) is 40.7. The monoisotopic (exact) mass is 456 g/mol. The van der Waals surface area contributed by atoms with Crippen molar-refractivity contribution in [1.82, 2.24) is 0 Å². The largest absolute Gasteiger partial charge is 4.00 e. The number of rotatable bonds is 14. The second kappa shape index (κ2) is 18.5. The molecule has 4 atom stereocenters. The Hall–Kier alpha value is -1.57. The van der Waals surface area contributed by atoms with E-state index in [2.05, 4.69) is 9.47 Å². The van der Waals surface area contributed by atoms with Gasteiger partial charge in [-0.1, -0.05) is 13.8 Å². The maximum absolute atomic E-state index is 10.4. The summed E-state index contributed by atoms with van der Waals surface area (Å²) in [7, 11) is 0. The first-order valence-corrected chi connectivity index (χ1v) is 8.29. The van der Waals surface area contributed by atoms with Crippen molar-refractivity contribution >= 4 is 23.9 Å². The number of carboxylic acids is 4. The maximum atomic E-state index is 10.4. The molecule has 0 radical (unpaired) electrons. The molecule has 0 bridgehead atoms. The zero-order chi connectivity index (χ0) is 22.3. The van der Waals surface area contributed by atoms with E-state index in [1.165, 1.54) is 0 Å². The zero-order valence-corrected chi connectivity index (χ0v) is 18.1. The Bertz CT molecular complexity index is 454. The molecule has 13 heteroatoms. The smallest absolute Gasteiger partial charge is 0.548 e. The molecule has 0 aromatic heterocycles. The number of carbonyl (C=O) groups excluding carboxylic acids is 4. The standard InChI is InChI=1S/2C8H14O6.Ti/c2*1-3-5(2)14-8(7(11)12)13-4-6(9)10;/h2*5,8H,3-4H2,1-2H3,(H,9,10)(H,11,12);/q;;+4/p-4. The van der Waals surface area contributed by atoms with E-state index in [-0.39, 0.29) is 33.9 Å². The molecule has 4 unspecified atom stereocenters. The third kappa shape index (κ3) is 19.5. The average molecular weight is 456 g/mol. The van der Waals surface area contributed by atoms with Gasteiger partial charge in [0.1, 0.15) is 0 Å². The predicted molar refractivity (Wildman–Crippen MR) is 81.2 cm³/mol. The van der Waals surface area contributed by atoms with Gasteiger partial charge in [0.25, 0.3) is 0 Å². The van der Waals surface area contributed by atoms with Gasteiger partial charge in [-0.05, 0) is 26.7 Å². The molecule has 12 nitrogen and oxygen atoms in total. The van der Waals surface area contributed by atoms with E-state index >= 15 is 0 Å². The van der Waals surface area contributed by atoms with E-state index in [4.69, 9.17) is 9.47 Å². The third-order valence-electron chi connectivity index (χ3n) is 2.95. The topological polar surface area (TPSA) is 197 Å². The Morgan fingerprint density at radius 3 is 1.14 bits per heavy atom. The van der Waals surface area contributed by atoms with Crippen molar-refractivity contribution in [2.24, 2.45) is 0 Å². The van der Waals surface area contributed by atoms with Crippen molar-refractivity contribution in [2.75, 3.05) is 13.2 Å². The summed E-state index contributed by atoms with van der Waals surface area (Å²) < 4.78 is 18.5. The molecule has 0 saturated heterocycles. The van der Waals surface area contributed by atoms with Crippen LogP contribution in [0.3, 0.4) is 0 Å². The van der Waals surface area contributed by atoms with Gasteiger partial charge in [-0.2, -0.15) is 0 Å². The molecule has 0 aromatic rings. The Balaban J connectivity index is -0.000000451. The van der Waals surface area contributed by atoms with Gasteiger partial charge in [-0.25, -0.2) is 0 Å². The van der Waals surface area contributed by atoms with Crippen LogP contribution >= 0.6 is 0 Å². The molecule has 0 fully saturated rings. The third-order valence-corrected chi connectivity index (χ3v) is 2.95. The summed E-state index contributed by atoms with van der Waals surface area (Å²) in [6, 6.07) is 0. The summed E-state index contributed by atoms with van der Waals surface area (Å²) in [6.45, 7) is 5.17. The van der Waals surface area contributed by atoms with Crippen molar-refractivity contribution in [3.63, 3.8) is 0 Å². The molecule has 0 aliphatic heterocycles. The summed E-state index contributed by atoms with van der Waals surface area (Å²) in [6.07, 6.45) is -2.86. The van der Waals surface area contributed by atoms with Gasteiger partial charge < -0.3 is 58.6 Å². The van der Waals surface area contributed by atoms with Crippen molar-refractivity contribution in [3.05, 3.63) is 0 Å². The first kappa shape index (κ1) is 32.1. The van der Waals surface area contributed by atoms with E-state index in [1.54, 1.807) is 27.7 Å². The summed E-state index contributed by atoms with van der Waals surface area (Å²) in [5.41, 5.74) is 0. The van der Waals surface area contributed by atoms with Crippen molar-refractivity contribution < 1.29 is 80.3 Å². The molecule has 29 heavy (non-hydrogen) atoms. The summed E-state index contributed by atoms with van der Waals surface area (Å²) in [5, 5.41) is 40.7. The molecule has 0 aliphatic rings. The van der Waals surface area contributed by atoms with E-state index in [9.17, 15) is 39.6 Å². The Labute approximate surface area is 183 Å². The number of ether oxygens (including phenoxy) is 4. The van der Waals surface area contributed by atoms with Crippen LogP contribution in [-0.2, 0) is 59.8 Å². The van der Waals surface area contributed by atoms with Crippen LogP contribution in [-0.4, -0.2) is 61.9 Å². The first-order valence-electron chi connectivity index (χ1n) is 8.29. The first-order chi connectivity index (χ1) is 12.9. The van der Waals surface area contributed by atoms with E-state index in [0.29, 0.717) is 12.8 Å². The minimum atomic E-state index is -1.66. The number of carboxylic acid groups (broad SMARTS) is 4. The molecule has 0 N–H and O–H groups in total. The van der Waals surface area contributed by atoms with Gasteiger partial charge in [0.2, 0.25) is 0 Å². The van der Waals surface area contributed by atoms with Gasteiger partial charge in [0.05, 0.1) is 49.3 Å². The Kier molecular flexibility index (Phi) is 20.4. The molecule has 0 saturated carbocycles. The zero-order valence-electron chi connectivity index (χ0n) is 16.5. The molecule has 0 amide bonds. The second-order valence-corrected chi connectivity index (χ2v) is 5.38. The molecule has 0 rings (SSSR count). The summed E-state index contributed by atoms with van der Waals surface area (Å²) >= 11 is 0. The van der Waals surface area contributed by atoms with Gasteiger partial charge in [0.15, 0.2) is 12.6 Å². The minimum absolute atomic E-state index is 0. The minimum Gasteiger partial charge on any atom is -0.548 e. The van der Waals surface area contributed by atoms with Crippen LogP contribution in [0.15, 0.2) is 0 Å². The second-order valence-electron chi connectivity index (χ2n) is 5.38. The predicted octanol–water partition coefficient (Wildman–Crippen LogP) is -4.71. The number of carbonyl (C=O) groups is 4. The van der Waals surface area contributed by atoms with Gasteiger partial charge in [-0.15, -0.1) is 0 Å². The van der Waals surface area contributed by atoms with Crippen LogP contribution < -0.4 is 20.4 Å². The summed E-state index contributed by atoms with van der Waals surface area (Å²) in [5.74, 6) is -6.23. The fourth-order valence-corrected chi connectivity index (χ4v) is 1.23. The molecule has 164 valence electrons. The van der Waals surface area contributed by atoms with Crippen molar-refractivity contribution in [3.8, 4) is 0 Å². The van der Waals surface area contributed by atoms with E-state index in [1.807, 2.05) is 0 Å². The molecule has 0 heterocycles. The fourth-order valence-electron chi connectivity index (χ4n) is 1.23. The van der Waals surface area contributed by atoms with Crippen LogP contribution in [0.2, 0.25) is 0 Å². The fraction of sp³-hybridized carbons (Fsp3) is 0.750. The molecular formula is C16H24O12Ti. The van der Waals surface area contributed by atoms with E-state index in [0.717, 1.165) is 0 Å². The SMILES string of the molecule is CCC(C)OC(OCC(=O)[O-])C(=O)[O-].CCC(C)OC(OCC(=O)[O-])C(=O)[O-].[Ti+4]. The van der Waals surface area contributed by atoms with Gasteiger partial charge >= 0.3 is 21.7 Å². The van der Waals surface area contributed by atoms with Crippen LogP contribution in [0.5, 0.6) is 0 Å². The number of hydrogen-bond donors (Lipinski definition) is 0. The van der Waals surface area contributed by atoms with Gasteiger partial charge in [-0.3, -0.25) is 0 Å². The molecular weight excluding hydrogens is 432 g/mol. The maximum Gasteiger partial charge on any atom is 4.00 e. The van der Waals surface area contributed by atoms with E-state index < -0.39 is 49.7 Å². The Morgan fingerprint density at radius 1 is 0.690 bits per heavy atom. The van der Waals surface area contributed by atoms with Gasteiger partial charge in [0, 0.05) is 0 Å².